The van der Waals surface area contributed by atoms with Crippen molar-refractivity contribution in [3.8, 4) is 17.1 Å². The van der Waals surface area contributed by atoms with E-state index in [9.17, 15) is 14.7 Å². The third-order valence-corrected chi connectivity index (χ3v) is 10.1. The van der Waals surface area contributed by atoms with E-state index in [0.717, 1.165) is 71.3 Å². The maximum atomic E-state index is 14.0. The number of hydrogen-bond donors (Lipinski definition) is 2. The Kier molecular flexibility index (Phi) is 7.42. The molecule has 0 bridgehead atoms. The molecule has 2 N–H and O–H groups in total. The van der Waals surface area contributed by atoms with Crippen LogP contribution in [0.1, 0.15) is 85.1 Å². The van der Waals surface area contributed by atoms with E-state index < -0.39 is 11.5 Å². The molecule has 5 aromatic rings. The summed E-state index contributed by atoms with van der Waals surface area (Å²) in [6.07, 6.45) is 10.9. The highest BCUT2D eigenvalue weighted by atomic mass is 16.5. The van der Waals surface area contributed by atoms with E-state index in [4.69, 9.17) is 9.72 Å². The number of aromatic nitrogens is 4. The molecule has 0 atom stereocenters. The fraction of sp³-hybridized carbons (Fsp3) is 0.351. The van der Waals surface area contributed by atoms with Crippen LogP contribution in [0.3, 0.4) is 0 Å². The van der Waals surface area contributed by atoms with E-state index >= 15 is 0 Å². The number of methoxy groups -OCH3 is 1. The molecule has 2 aromatic carbocycles. The summed E-state index contributed by atoms with van der Waals surface area (Å²) in [5, 5.41) is 13.9. The molecule has 0 unspecified atom stereocenters. The van der Waals surface area contributed by atoms with E-state index in [1.807, 2.05) is 54.2 Å². The van der Waals surface area contributed by atoms with Gasteiger partial charge in [0.25, 0.3) is 5.91 Å². The van der Waals surface area contributed by atoms with Crippen LogP contribution in [0.15, 0.2) is 60.3 Å². The molecule has 1 amide bonds. The maximum Gasteiger partial charge on any atom is 0.331 e. The highest BCUT2D eigenvalue weighted by Crippen LogP contribution is 2.45. The molecular formula is C37H39N5O4. The minimum Gasteiger partial charge on any atom is -0.481 e. The lowest BCUT2D eigenvalue weighted by Crippen LogP contribution is -2.52. The van der Waals surface area contributed by atoms with Gasteiger partial charge in [0.1, 0.15) is 5.82 Å². The highest BCUT2D eigenvalue weighted by Gasteiger charge is 2.44. The van der Waals surface area contributed by atoms with Gasteiger partial charge in [-0.25, -0.2) is 14.8 Å². The Balaban J connectivity index is 1.24. The summed E-state index contributed by atoms with van der Waals surface area (Å²) in [7, 11) is 5.67. The van der Waals surface area contributed by atoms with Gasteiger partial charge in [-0.1, -0.05) is 25.0 Å². The van der Waals surface area contributed by atoms with Crippen LogP contribution in [-0.2, 0) is 24.4 Å². The second kappa shape index (κ2) is 11.5. The number of carbonyl (C=O) groups excluding carboxylic acids is 1. The van der Waals surface area contributed by atoms with Crippen LogP contribution >= 0.6 is 0 Å². The first-order valence-corrected chi connectivity index (χ1v) is 16.0. The van der Waals surface area contributed by atoms with Gasteiger partial charge in [-0.2, -0.15) is 0 Å². The summed E-state index contributed by atoms with van der Waals surface area (Å²) in [4.78, 5) is 34.8. The molecule has 9 heteroatoms. The minimum absolute atomic E-state index is 0.120. The molecule has 2 fully saturated rings. The Bertz CT molecular complexity index is 2020. The number of amides is 1. The number of hydrogen-bond acceptors (Lipinski definition) is 5. The van der Waals surface area contributed by atoms with Crippen LogP contribution in [0.4, 0.5) is 0 Å². The van der Waals surface area contributed by atoms with Crippen molar-refractivity contribution in [2.45, 2.75) is 63.3 Å². The average molecular weight is 618 g/mol. The molecule has 0 aliphatic heterocycles. The molecule has 2 aliphatic carbocycles. The zero-order valence-corrected chi connectivity index (χ0v) is 26.8. The Labute approximate surface area is 267 Å². The SMILES string of the molecule is COc1ccc(-c2c(C3CCCC3)c3ccc(C(=O)NC4(c5nc6ccc(C=C(C)C(=O)O)cc6n5C)CCC4)cc3n2C)cn1. The second-order valence-corrected chi connectivity index (χ2v) is 12.9. The van der Waals surface area contributed by atoms with Gasteiger partial charge in [-0.05, 0) is 92.5 Å². The number of aliphatic carboxylic acids is 1. The topological polar surface area (TPSA) is 111 Å². The number of pyridine rings is 1. The van der Waals surface area contributed by atoms with Crippen LogP contribution in [-0.4, -0.2) is 43.2 Å². The third kappa shape index (κ3) is 4.94. The number of benzene rings is 2. The number of ether oxygens (including phenoxy) is 1. The van der Waals surface area contributed by atoms with Gasteiger partial charge >= 0.3 is 5.97 Å². The Hall–Kier alpha value is -4.92. The van der Waals surface area contributed by atoms with Crippen LogP contribution in [0.25, 0.3) is 39.3 Å². The second-order valence-electron chi connectivity index (χ2n) is 12.9. The zero-order valence-electron chi connectivity index (χ0n) is 26.8. The van der Waals surface area contributed by atoms with Gasteiger partial charge in [0.05, 0.1) is 29.4 Å². The highest BCUT2D eigenvalue weighted by molar-refractivity contribution is 6.01. The van der Waals surface area contributed by atoms with E-state index in [1.165, 1.54) is 23.8 Å². The number of carboxylic acid groups (broad SMARTS) is 1. The Morgan fingerprint density at radius 3 is 2.43 bits per heavy atom. The normalized spacial score (nSPS) is 16.6. The van der Waals surface area contributed by atoms with Crippen molar-refractivity contribution in [3.63, 3.8) is 0 Å². The molecule has 46 heavy (non-hydrogen) atoms. The lowest BCUT2D eigenvalue weighted by atomic mass is 9.75. The molecule has 9 nitrogen and oxygen atoms in total. The van der Waals surface area contributed by atoms with E-state index in [1.54, 1.807) is 20.1 Å². The van der Waals surface area contributed by atoms with Crippen molar-refractivity contribution in [2.75, 3.05) is 7.11 Å². The van der Waals surface area contributed by atoms with Gasteiger partial charge in [-0.3, -0.25) is 4.79 Å². The number of fused-ring (bicyclic) bond motifs is 2. The van der Waals surface area contributed by atoms with Crippen molar-refractivity contribution in [2.24, 2.45) is 14.1 Å². The van der Waals surface area contributed by atoms with Crippen LogP contribution in [0.5, 0.6) is 5.88 Å². The fourth-order valence-corrected chi connectivity index (χ4v) is 7.49. The number of imidazole rings is 1. The van der Waals surface area contributed by atoms with E-state index in [2.05, 4.69) is 34.0 Å². The Morgan fingerprint density at radius 2 is 1.78 bits per heavy atom. The van der Waals surface area contributed by atoms with E-state index in [-0.39, 0.29) is 11.5 Å². The van der Waals surface area contributed by atoms with Crippen molar-refractivity contribution in [1.82, 2.24) is 24.4 Å². The quantitative estimate of drug-likeness (QED) is 0.180. The molecule has 2 aliphatic rings. The summed E-state index contributed by atoms with van der Waals surface area (Å²) in [6, 6.07) is 15.8. The predicted octanol–water partition coefficient (Wildman–Crippen LogP) is 7.09. The number of aryl methyl sites for hydroxylation is 2. The lowest BCUT2D eigenvalue weighted by Gasteiger charge is -2.41. The molecule has 0 spiro atoms. The maximum absolute atomic E-state index is 14.0. The monoisotopic (exact) mass is 617 g/mol. The number of carboxylic acids is 1. The number of nitrogens with zero attached hydrogens (tertiary/aromatic N) is 4. The van der Waals surface area contributed by atoms with Gasteiger partial charge in [0, 0.05) is 54.0 Å². The Morgan fingerprint density at radius 1 is 1.00 bits per heavy atom. The van der Waals surface area contributed by atoms with E-state index in [0.29, 0.717) is 17.4 Å². The largest absolute Gasteiger partial charge is 0.481 e. The van der Waals surface area contributed by atoms with Crippen LogP contribution in [0, 0.1) is 0 Å². The van der Waals surface area contributed by atoms with Crippen molar-refractivity contribution in [3.05, 3.63) is 82.8 Å². The molecular weight excluding hydrogens is 578 g/mol. The standard InChI is InChI=1S/C37H39N5O4/c1-22(35(44)45)18-23-10-14-28-30(19-23)42(3)36(39-28)37(16-7-17-37)40-34(43)25-11-13-27-29(20-25)41(2)33(32(27)24-8-5-6-9-24)26-12-15-31(46-4)38-21-26/h10-15,18-21,24H,5-9,16-17H2,1-4H3,(H,40,43)(H,44,45). The van der Waals surface area contributed by atoms with Gasteiger partial charge in [0.15, 0.2) is 0 Å². The molecule has 0 radical (unpaired) electrons. The van der Waals surface area contributed by atoms with Gasteiger partial charge in [-0.15, -0.1) is 0 Å². The fourth-order valence-electron chi connectivity index (χ4n) is 7.49. The first-order chi connectivity index (χ1) is 22.2. The smallest absolute Gasteiger partial charge is 0.331 e. The van der Waals surface area contributed by atoms with Gasteiger partial charge < -0.3 is 24.3 Å². The summed E-state index contributed by atoms with van der Waals surface area (Å²) in [5.74, 6) is 0.807. The molecule has 7 rings (SSSR count). The van der Waals surface area contributed by atoms with Gasteiger partial charge in [0.2, 0.25) is 5.88 Å². The molecule has 3 heterocycles. The summed E-state index contributed by atoms with van der Waals surface area (Å²) >= 11 is 0. The van der Waals surface area contributed by atoms with Crippen LogP contribution < -0.4 is 10.1 Å². The molecule has 236 valence electrons. The summed E-state index contributed by atoms with van der Waals surface area (Å²) in [5.41, 5.74) is 7.38. The van der Waals surface area contributed by atoms with Crippen molar-refractivity contribution in [1.29, 1.82) is 0 Å². The number of nitrogens with one attached hydrogen (secondary N) is 1. The zero-order chi connectivity index (χ0) is 32.2. The predicted molar refractivity (Wildman–Crippen MR) is 179 cm³/mol. The molecule has 3 aromatic heterocycles. The number of rotatable bonds is 8. The lowest BCUT2D eigenvalue weighted by molar-refractivity contribution is -0.132. The van der Waals surface area contributed by atoms with Crippen LogP contribution in [0.2, 0.25) is 0 Å². The summed E-state index contributed by atoms with van der Waals surface area (Å²) in [6.45, 7) is 1.58. The van der Waals surface area contributed by atoms with Crippen molar-refractivity contribution >= 4 is 39.9 Å². The minimum atomic E-state index is -0.945. The first kappa shape index (κ1) is 29.8. The third-order valence-electron chi connectivity index (χ3n) is 10.1. The first-order valence-electron chi connectivity index (χ1n) is 16.0. The molecule has 0 saturated heterocycles. The van der Waals surface area contributed by atoms with Crippen molar-refractivity contribution < 1.29 is 19.4 Å². The summed E-state index contributed by atoms with van der Waals surface area (Å²) < 4.78 is 9.56. The number of carbonyl (C=O) groups is 2. The molecule has 2 saturated carbocycles. The average Bonchev–Trinajstić information content (AvgIpc) is 3.76.